The highest BCUT2D eigenvalue weighted by Gasteiger charge is 2.42. The molecule has 0 bridgehead atoms. The number of aryl methyl sites for hydroxylation is 1. The summed E-state index contributed by atoms with van der Waals surface area (Å²) in [5.41, 5.74) is 4.98. The molecular formula is C28H32N4O2. The predicted molar refractivity (Wildman–Crippen MR) is 133 cm³/mol. The molecule has 1 aromatic heterocycles. The molecule has 0 atom stereocenters. The van der Waals surface area contributed by atoms with Crippen molar-refractivity contribution >= 4 is 11.7 Å². The van der Waals surface area contributed by atoms with Crippen molar-refractivity contribution in [2.24, 2.45) is 5.41 Å². The fraction of sp³-hybridized carbons (Fsp3) is 0.393. The molecule has 1 aliphatic rings. The maximum atomic E-state index is 12.8. The number of ether oxygens (including phenoxy) is 1. The molecule has 1 saturated heterocycles. The lowest BCUT2D eigenvalue weighted by Crippen LogP contribution is -2.46. The zero-order chi connectivity index (χ0) is 24.0. The van der Waals surface area contributed by atoms with Crippen molar-refractivity contribution in [3.8, 4) is 0 Å². The molecule has 3 aromatic rings. The number of benzene rings is 2. The molecule has 176 valence electrons. The average Bonchev–Trinajstić information content (AvgIpc) is 3.30. The Bertz CT molecular complexity index is 1150. The van der Waals surface area contributed by atoms with Crippen LogP contribution in [0.3, 0.4) is 0 Å². The van der Waals surface area contributed by atoms with Gasteiger partial charge in [0.1, 0.15) is 0 Å². The van der Waals surface area contributed by atoms with Crippen LogP contribution < -0.4 is 0 Å². The van der Waals surface area contributed by atoms with Crippen LogP contribution in [0.5, 0.6) is 0 Å². The van der Waals surface area contributed by atoms with Crippen molar-refractivity contribution in [3.05, 3.63) is 94.9 Å². The first-order valence-corrected chi connectivity index (χ1v) is 11.8. The standard InChI is InChI=1S/C28H32N4O2/c1-22-5-4-6-24(17-22)18-28(27(33)34-3)12-15-31(16-13-28)14-11-26-19-30-21-32(26)20-23-7-9-25(29-2)10-8-23/h4-10,17,19,21H,11-16,18,20H2,1,3H3. The Balaban J connectivity index is 1.35. The second-order valence-corrected chi connectivity index (χ2v) is 9.32. The van der Waals surface area contributed by atoms with Crippen molar-refractivity contribution in [2.45, 2.75) is 39.2 Å². The molecule has 2 aromatic carbocycles. The number of imidazole rings is 1. The summed E-state index contributed by atoms with van der Waals surface area (Å²) in [5.74, 6) is -0.0871. The number of esters is 1. The Labute approximate surface area is 202 Å². The topological polar surface area (TPSA) is 51.7 Å². The maximum Gasteiger partial charge on any atom is 0.312 e. The summed E-state index contributed by atoms with van der Waals surface area (Å²) in [4.78, 5) is 23.1. The van der Waals surface area contributed by atoms with E-state index in [2.05, 4.69) is 50.5 Å². The third-order valence-electron chi connectivity index (χ3n) is 6.96. The number of hydrogen-bond acceptors (Lipinski definition) is 4. The van der Waals surface area contributed by atoms with Crippen LogP contribution in [0.1, 0.15) is 35.2 Å². The quantitative estimate of drug-likeness (QED) is 0.360. The molecule has 4 rings (SSSR count). The van der Waals surface area contributed by atoms with Crippen LogP contribution in [0.2, 0.25) is 0 Å². The molecular weight excluding hydrogens is 424 g/mol. The number of hydrogen-bond donors (Lipinski definition) is 0. The minimum atomic E-state index is -0.446. The largest absolute Gasteiger partial charge is 0.469 e. The van der Waals surface area contributed by atoms with Crippen molar-refractivity contribution < 1.29 is 9.53 Å². The summed E-state index contributed by atoms with van der Waals surface area (Å²) >= 11 is 0. The van der Waals surface area contributed by atoms with Crippen LogP contribution in [-0.4, -0.2) is 47.2 Å². The van der Waals surface area contributed by atoms with Gasteiger partial charge in [0, 0.05) is 31.4 Å². The highest BCUT2D eigenvalue weighted by molar-refractivity contribution is 5.77. The van der Waals surface area contributed by atoms with Gasteiger partial charge < -0.3 is 14.2 Å². The molecule has 0 aliphatic carbocycles. The van der Waals surface area contributed by atoms with Gasteiger partial charge in [-0.05, 0) is 50.4 Å². The summed E-state index contributed by atoms with van der Waals surface area (Å²) in [7, 11) is 1.50. The maximum absolute atomic E-state index is 12.8. The number of aromatic nitrogens is 2. The van der Waals surface area contributed by atoms with Crippen molar-refractivity contribution in [1.29, 1.82) is 0 Å². The minimum Gasteiger partial charge on any atom is -0.469 e. The van der Waals surface area contributed by atoms with E-state index in [1.54, 1.807) is 0 Å². The first-order chi connectivity index (χ1) is 16.5. The number of likely N-dealkylation sites (tertiary alicyclic amines) is 1. The highest BCUT2D eigenvalue weighted by Crippen LogP contribution is 2.36. The fourth-order valence-electron chi connectivity index (χ4n) is 4.93. The first-order valence-electron chi connectivity index (χ1n) is 11.8. The van der Waals surface area contributed by atoms with Gasteiger partial charge in [-0.2, -0.15) is 0 Å². The molecule has 34 heavy (non-hydrogen) atoms. The van der Waals surface area contributed by atoms with E-state index in [9.17, 15) is 4.79 Å². The zero-order valence-electron chi connectivity index (χ0n) is 20.0. The second-order valence-electron chi connectivity index (χ2n) is 9.32. The molecule has 0 N–H and O–H groups in total. The molecule has 0 spiro atoms. The van der Waals surface area contributed by atoms with E-state index < -0.39 is 5.41 Å². The SMILES string of the molecule is [C-]#[N+]c1ccc(Cn2cncc2CCN2CCC(Cc3cccc(C)c3)(C(=O)OC)CC2)cc1. The molecule has 0 saturated carbocycles. The minimum absolute atomic E-state index is 0.0871. The zero-order valence-corrected chi connectivity index (χ0v) is 20.0. The van der Waals surface area contributed by atoms with Crippen molar-refractivity contribution in [2.75, 3.05) is 26.7 Å². The lowest BCUT2D eigenvalue weighted by atomic mass is 9.73. The van der Waals surface area contributed by atoms with Gasteiger partial charge in [-0.1, -0.05) is 54.1 Å². The van der Waals surface area contributed by atoms with Crippen LogP contribution in [0.4, 0.5) is 5.69 Å². The third-order valence-corrected chi connectivity index (χ3v) is 6.96. The van der Waals surface area contributed by atoms with Gasteiger partial charge in [0.2, 0.25) is 0 Å². The predicted octanol–water partition coefficient (Wildman–Crippen LogP) is 4.83. The van der Waals surface area contributed by atoms with Crippen LogP contribution in [0, 0.1) is 18.9 Å². The highest BCUT2D eigenvalue weighted by atomic mass is 16.5. The monoisotopic (exact) mass is 456 g/mol. The van der Waals surface area contributed by atoms with E-state index in [1.807, 2.05) is 36.8 Å². The molecule has 0 amide bonds. The van der Waals surface area contributed by atoms with E-state index in [1.165, 1.54) is 23.9 Å². The number of rotatable bonds is 8. The number of carbonyl (C=O) groups excluding carboxylic acids is 1. The van der Waals surface area contributed by atoms with Crippen molar-refractivity contribution in [3.63, 3.8) is 0 Å². The van der Waals surface area contributed by atoms with Gasteiger partial charge in [0.25, 0.3) is 0 Å². The number of piperidine rings is 1. The Morgan fingerprint density at radius 1 is 1.15 bits per heavy atom. The van der Waals surface area contributed by atoms with Gasteiger partial charge in [0.05, 0.1) is 25.4 Å². The molecule has 0 unspecified atom stereocenters. The fourth-order valence-corrected chi connectivity index (χ4v) is 4.93. The van der Waals surface area contributed by atoms with Gasteiger partial charge >= 0.3 is 5.97 Å². The Morgan fingerprint density at radius 3 is 2.59 bits per heavy atom. The number of carbonyl (C=O) groups is 1. The lowest BCUT2D eigenvalue weighted by Gasteiger charge is -2.40. The Hall–Kier alpha value is -3.43. The van der Waals surface area contributed by atoms with E-state index in [0.29, 0.717) is 5.69 Å². The third kappa shape index (κ3) is 5.55. The van der Waals surface area contributed by atoms with E-state index in [-0.39, 0.29) is 5.97 Å². The Morgan fingerprint density at radius 2 is 1.91 bits per heavy atom. The van der Waals surface area contributed by atoms with Crippen molar-refractivity contribution in [1.82, 2.24) is 14.5 Å². The van der Waals surface area contributed by atoms with Gasteiger partial charge in [-0.3, -0.25) is 4.79 Å². The van der Waals surface area contributed by atoms with Gasteiger partial charge in [-0.25, -0.2) is 9.83 Å². The van der Waals surface area contributed by atoms with Gasteiger partial charge in [0.15, 0.2) is 5.69 Å². The van der Waals surface area contributed by atoms with E-state index >= 15 is 0 Å². The summed E-state index contributed by atoms with van der Waals surface area (Å²) in [5, 5.41) is 0. The van der Waals surface area contributed by atoms with Crippen LogP contribution in [0.25, 0.3) is 4.85 Å². The molecule has 1 fully saturated rings. The number of methoxy groups -OCH3 is 1. The normalized spacial score (nSPS) is 15.6. The molecule has 6 nitrogen and oxygen atoms in total. The average molecular weight is 457 g/mol. The first kappa shape index (κ1) is 23.7. The van der Waals surface area contributed by atoms with Crippen LogP contribution in [-0.2, 0) is 28.9 Å². The summed E-state index contributed by atoms with van der Waals surface area (Å²) in [6.45, 7) is 12.6. The van der Waals surface area contributed by atoms with Gasteiger partial charge in [-0.15, -0.1) is 0 Å². The van der Waals surface area contributed by atoms with E-state index in [4.69, 9.17) is 11.3 Å². The molecule has 0 radical (unpaired) electrons. The Kier molecular flexibility index (Phi) is 7.44. The lowest BCUT2D eigenvalue weighted by molar-refractivity contribution is -0.156. The molecule has 1 aliphatic heterocycles. The summed E-state index contributed by atoms with van der Waals surface area (Å²) in [6.07, 6.45) is 7.06. The summed E-state index contributed by atoms with van der Waals surface area (Å²) < 4.78 is 7.43. The molecule has 6 heteroatoms. The summed E-state index contributed by atoms with van der Waals surface area (Å²) in [6, 6.07) is 16.2. The molecule has 2 heterocycles. The number of nitrogens with zero attached hydrogens (tertiary/aromatic N) is 4. The van der Waals surface area contributed by atoms with Crippen LogP contribution in [0.15, 0.2) is 61.1 Å². The van der Waals surface area contributed by atoms with Crippen LogP contribution >= 0.6 is 0 Å². The van der Waals surface area contributed by atoms with E-state index in [0.717, 1.165) is 57.4 Å². The second kappa shape index (κ2) is 10.7. The smallest absolute Gasteiger partial charge is 0.312 e.